The molecule has 150 valence electrons. The molecule has 1 aromatic carbocycles. The van der Waals surface area contributed by atoms with Crippen molar-refractivity contribution < 1.29 is 14.3 Å². The van der Waals surface area contributed by atoms with Crippen molar-refractivity contribution in [3.63, 3.8) is 0 Å². The summed E-state index contributed by atoms with van der Waals surface area (Å²) < 4.78 is 10.5. The predicted octanol–water partition coefficient (Wildman–Crippen LogP) is 3.21. The van der Waals surface area contributed by atoms with Crippen LogP contribution in [0.5, 0.6) is 11.5 Å². The average molecular weight is 384 g/mol. The zero-order chi connectivity index (χ0) is 19.8. The van der Waals surface area contributed by atoms with Crippen LogP contribution >= 0.6 is 0 Å². The predicted molar refractivity (Wildman–Crippen MR) is 108 cm³/mol. The molecule has 0 unspecified atom stereocenters. The van der Waals surface area contributed by atoms with E-state index in [9.17, 15) is 4.79 Å². The van der Waals surface area contributed by atoms with Crippen LogP contribution in [0.25, 0.3) is 0 Å². The third-order valence-electron chi connectivity index (χ3n) is 4.99. The number of carbonyl (C=O) groups is 1. The van der Waals surface area contributed by atoms with Gasteiger partial charge in [0, 0.05) is 12.6 Å². The number of carbonyl (C=O) groups excluding carboxylic acids is 1. The Kier molecular flexibility index (Phi) is 7.06. The minimum Gasteiger partial charge on any atom is -0.493 e. The molecule has 1 heterocycles. The maximum absolute atomic E-state index is 12.3. The zero-order valence-corrected chi connectivity index (χ0v) is 16.5. The molecule has 7 nitrogen and oxygen atoms in total. The number of anilines is 1. The van der Waals surface area contributed by atoms with Gasteiger partial charge in [0.05, 0.1) is 26.6 Å². The number of rotatable bonds is 8. The second-order valence-corrected chi connectivity index (χ2v) is 6.96. The highest BCUT2D eigenvalue weighted by Crippen LogP contribution is 2.27. The third-order valence-corrected chi connectivity index (χ3v) is 4.99. The van der Waals surface area contributed by atoms with E-state index in [1.807, 2.05) is 18.2 Å². The van der Waals surface area contributed by atoms with Crippen LogP contribution in [0.2, 0.25) is 0 Å². The average Bonchev–Trinajstić information content (AvgIpc) is 2.74. The van der Waals surface area contributed by atoms with Gasteiger partial charge in [-0.1, -0.05) is 25.3 Å². The lowest BCUT2D eigenvalue weighted by molar-refractivity contribution is 0.0949. The summed E-state index contributed by atoms with van der Waals surface area (Å²) >= 11 is 0. The van der Waals surface area contributed by atoms with Crippen molar-refractivity contribution >= 4 is 11.7 Å². The first-order chi connectivity index (χ1) is 13.7. The van der Waals surface area contributed by atoms with E-state index in [0.717, 1.165) is 11.4 Å². The Morgan fingerprint density at radius 1 is 1.07 bits per heavy atom. The Bertz CT molecular complexity index is 774. The number of benzene rings is 1. The number of hydrogen-bond donors (Lipinski definition) is 2. The number of aromatic nitrogens is 2. The van der Waals surface area contributed by atoms with Gasteiger partial charge in [-0.05, 0) is 37.0 Å². The fourth-order valence-corrected chi connectivity index (χ4v) is 3.42. The number of nitrogens with zero attached hydrogens (tertiary/aromatic N) is 2. The lowest BCUT2D eigenvalue weighted by Gasteiger charge is -2.23. The topological polar surface area (TPSA) is 85.4 Å². The van der Waals surface area contributed by atoms with Gasteiger partial charge < -0.3 is 20.1 Å². The molecule has 1 fully saturated rings. The van der Waals surface area contributed by atoms with E-state index < -0.39 is 0 Å². The molecule has 1 saturated carbocycles. The summed E-state index contributed by atoms with van der Waals surface area (Å²) in [5, 5.41) is 6.28. The molecule has 3 rings (SSSR count). The monoisotopic (exact) mass is 384 g/mol. The Labute approximate surface area is 165 Å². The molecule has 0 bridgehead atoms. The molecule has 0 aliphatic heterocycles. The fraction of sp³-hybridized carbons (Fsp3) is 0.476. The van der Waals surface area contributed by atoms with Crippen LogP contribution in [0.1, 0.15) is 48.2 Å². The van der Waals surface area contributed by atoms with E-state index in [0.29, 0.717) is 36.2 Å². The molecule has 0 saturated heterocycles. The second-order valence-electron chi connectivity index (χ2n) is 6.96. The highest BCUT2D eigenvalue weighted by Gasteiger charge is 2.14. The molecule has 1 aromatic heterocycles. The van der Waals surface area contributed by atoms with Crippen molar-refractivity contribution in [1.29, 1.82) is 0 Å². The van der Waals surface area contributed by atoms with Gasteiger partial charge in [-0.3, -0.25) is 4.79 Å². The van der Waals surface area contributed by atoms with Crippen LogP contribution in [-0.4, -0.2) is 42.7 Å². The van der Waals surface area contributed by atoms with E-state index in [1.54, 1.807) is 20.4 Å². The van der Waals surface area contributed by atoms with Crippen LogP contribution in [0.4, 0.5) is 5.82 Å². The van der Waals surface area contributed by atoms with E-state index in [-0.39, 0.29) is 5.91 Å². The van der Waals surface area contributed by atoms with Crippen molar-refractivity contribution in [3.8, 4) is 11.5 Å². The number of methoxy groups -OCH3 is 2. The fourth-order valence-electron chi connectivity index (χ4n) is 3.42. The quantitative estimate of drug-likeness (QED) is 0.727. The Morgan fingerprint density at radius 2 is 1.86 bits per heavy atom. The van der Waals surface area contributed by atoms with Crippen molar-refractivity contribution in [2.45, 2.75) is 44.6 Å². The minimum absolute atomic E-state index is 0.225. The summed E-state index contributed by atoms with van der Waals surface area (Å²) in [4.78, 5) is 20.9. The molecular formula is C21H28N4O3. The highest BCUT2D eigenvalue weighted by molar-refractivity contribution is 5.92. The third kappa shape index (κ3) is 5.34. The number of hydrogen-bond acceptors (Lipinski definition) is 6. The van der Waals surface area contributed by atoms with Crippen LogP contribution in [-0.2, 0) is 6.42 Å². The van der Waals surface area contributed by atoms with Gasteiger partial charge in [-0.15, -0.1) is 0 Å². The van der Waals surface area contributed by atoms with Gasteiger partial charge in [0.1, 0.15) is 11.5 Å². The van der Waals surface area contributed by atoms with E-state index >= 15 is 0 Å². The van der Waals surface area contributed by atoms with Gasteiger partial charge >= 0.3 is 0 Å². The molecular weight excluding hydrogens is 356 g/mol. The van der Waals surface area contributed by atoms with Crippen LogP contribution in [0.15, 0.2) is 30.6 Å². The van der Waals surface area contributed by atoms with Gasteiger partial charge in [0.15, 0.2) is 11.5 Å². The van der Waals surface area contributed by atoms with E-state index in [2.05, 4.69) is 20.6 Å². The summed E-state index contributed by atoms with van der Waals surface area (Å²) in [5.41, 5.74) is 1.37. The van der Waals surface area contributed by atoms with Crippen molar-refractivity contribution in [3.05, 3.63) is 41.9 Å². The summed E-state index contributed by atoms with van der Waals surface area (Å²) in [6.45, 7) is 0.498. The normalized spacial score (nSPS) is 14.4. The second kappa shape index (κ2) is 9.92. The number of nitrogens with one attached hydrogen (secondary N) is 2. The van der Waals surface area contributed by atoms with Gasteiger partial charge in [-0.25, -0.2) is 9.97 Å². The molecule has 1 aliphatic carbocycles. The molecule has 1 amide bonds. The maximum atomic E-state index is 12.3. The molecule has 7 heteroatoms. The lowest BCUT2D eigenvalue weighted by Crippen LogP contribution is -2.27. The smallest absolute Gasteiger partial charge is 0.271 e. The molecule has 0 radical (unpaired) electrons. The van der Waals surface area contributed by atoms with Crippen molar-refractivity contribution in [1.82, 2.24) is 15.3 Å². The first-order valence-electron chi connectivity index (χ1n) is 9.77. The first kappa shape index (κ1) is 19.9. The lowest BCUT2D eigenvalue weighted by atomic mass is 9.96. The summed E-state index contributed by atoms with van der Waals surface area (Å²) in [6, 6.07) is 6.19. The van der Waals surface area contributed by atoms with Crippen molar-refractivity contribution in [2.75, 3.05) is 26.1 Å². The SMILES string of the molecule is COc1ccc(CCNC(=O)c2cnc(NC3CCCCC3)cn2)cc1OC. The first-order valence-corrected chi connectivity index (χ1v) is 9.77. The van der Waals surface area contributed by atoms with Crippen LogP contribution in [0.3, 0.4) is 0 Å². The molecule has 1 aliphatic rings. The Balaban J connectivity index is 1.48. The number of ether oxygens (including phenoxy) is 2. The molecule has 0 atom stereocenters. The van der Waals surface area contributed by atoms with E-state index in [1.165, 1.54) is 38.3 Å². The standard InChI is InChI=1S/C21H28N4O3/c1-27-18-9-8-15(12-19(18)28-2)10-11-22-21(26)17-13-24-20(14-23-17)25-16-6-4-3-5-7-16/h8-9,12-14,16H,3-7,10-11H2,1-2H3,(H,22,26)(H,24,25). The van der Waals surface area contributed by atoms with Crippen LogP contribution in [0, 0.1) is 0 Å². The largest absolute Gasteiger partial charge is 0.493 e. The number of amides is 1. The molecule has 28 heavy (non-hydrogen) atoms. The zero-order valence-electron chi connectivity index (χ0n) is 16.5. The van der Waals surface area contributed by atoms with Gasteiger partial charge in [0.2, 0.25) is 0 Å². The summed E-state index contributed by atoms with van der Waals surface area (Å²) in [6.07, 6.45) is 10.00. The van der Waals surface area contributed by atoms with Crippen molar-refractivity contribution in [2.24, 2.45) is 0 Å². The maximum Gasteiger partial charge on any atom is 0.271 e. The molecule has 2 aromatic rings. The van der Waals surface area contributed by atoms with E-state index in [4.69, 9.17) is 9.47 Å². The molecule has 0 spiro atoms. The summed E-state index contributed by atoms with van der Waals surface area (Å²) in [5.74, 6) is 1.87. The minimum atomic E-state index is -0.225. The molecule has 2 N–H and O–H groups in total. The van der Waals surface area contributed by atoms with Gasteiger partial charge in [0.25, 0.3) is 5.91 Å². The summed E-state index contributed by atoms with van der Waals surface area (Å²) in [7, 11) is 3.21. The highest BCUT2D eigenvalue weighted by atomic mass is 16.5. The van der Waals surface area contributed by atoms with Crippen LogP contribution < -0.4 is 20.1 Å². The van der Waals surface area contributed by atoms with Gasteiger partial charge in [-0.2, -0.15) is 0 Å². The Morgan fingerprint density at radius 3 is 2.54 bits per heavy atom. The Hall–Kier alpha value is -2.83.